The number of imide groups is 1. The molecule has 0 spiro atoms. The average molecular weight is 204 g/mol. The summed E-state index contributed by atoms with van der Waals surface area (Å²) >= 11 is 0. The number of benzene rings is 1. The zero-order valence-corrected chi connectivity index (χ0v) is 8.19. The van der Waals surface area contributed by atoms with Gasteiger partial charge in [0.25, 0.3) is 5.91 Å². The van der Waals surface area contributed by atoms with E-state index in [0.717, 1.165) is 12.8 Å². The second-order valence-electron chi connectivity index (χ2n) is 3.57. The summed E-state index contributed by atoms with van der Waals surface area (Å²) < 4.78 is 0. The molecule has 0 atom stereocenters. The molecule has 1 saturated carbocycles. The molecule has 1 aliphatic rings. The number of carbonyl (C=O) groups is 2. The smallest absolute Gasteiger partial charge is 0.321 e. The zero-order valence-electron chi connectivity index (χ0n) is 8.19. The van der Waals surface area contributed by atoms with Crippen LogP contribution in [-0.4, -0.2) is 18.0 Å². The summed E-state index contributed by atoms with van der Waals surface area (Å²) in [6.07, 6.45) is 2.01. The molecule has 0 unspecified atom stereocenters. The standard InChI is InChI=1S/C11H12N2O2/c14-10(8-4-2-1-3-5-8)13-11(15)12-9-6-7-9/h1-5,9H,6-7H2,(H2,12,13,14,15). The molecule has 4 nitrogen and oxygen atoms in total. The van der Waals surface area contributed by atoms with Crippen molar-refractivity contribution in [2.75, 3.05) is 0 Å². The number of urea groups is 1. The molecule has 4 heteroatoms. The van der Waals surface area contributed by atoms with Gasteiger partial charge in [-0.15, -0.1) is 0 Å². The molecule has 0 aromatic heterocycles. The Morgan fingerprint density at radius 1 is 1.13 bits per heavy atom. The highest BCUT2D eigenvalue weighted by atomic mass is 16.2. The predicted molar refractivity (Wildman–Crippen MR) is 55.5 cm³/mol. The van der Waals surface area contributed by atoms with Gasteiger partial charge in [-0.05, 0) is 25.0 Å². The first-order chi connectivity index (χ1) is 7.25. The summed E-state index contributed by atoms with van der Waals surface area (Å²) in [5.41, 5.74) is 0.489. The largest absolute Gasteiger partial charge is 0.335 e. The van der Waals surface area contributed by atoms with Crippen molar-refractivity contribution in [3.05, 3.63) is 35.9 Å². The van der Waals surface area contributed by atoms with E-state index >= 15 is 0 Å². The van der Waals surface area contributed by atoms with Crippen LogP contribution in [0.1, 0.15) is 23.2 Å². The van der Waals surface area contributed by atoms with Gasteiger partial charge < -0.3 is 5.32 Å². The van der Waals surface area contributed by atoms with Gasteiger partial charge in [-0.2, -0.15) is 0 Å². The summed E-state index contributed by atoms with van der Waals surface area (Å²) in [5.74, 6) is -0.367. The molecule has 0 bridgehead atoms. The Morgan fingerprint density at radius 2 is 1.80 bits per heavy atom. The van der Waals surface area contributed by atoms with Crippen LogP contribution in [0.25, 0.3) is 0 Å². The third-order valence-corrected chi connectivity index (χ3v) is 2.18. The highest BCUT2D eigenvalue weighted by molar-refractivity contribution is 6.04. The lowest BCUT2D eigenvalue weighted by atomic mass is 10.2. The molecule has 0 aliphatic heterocycles. The Hall–Kier alpha value is -1.84. The highest BCUT2D eigenvalue weighted by Crippen LogP contribution is 2.18. The second-order valence-corrected chi connectivity index (χ2v) is 3.57. The lowest BCUT2D eigenvalue weighted by Gasteiger charge is -2.04. The van der Waals surface area contributed by atoms with Crippen LogP contribution in [0.5, 0.6) is 0 Å². The second kappa shape index (κ2) is 4.13. The van der Waals surface area contributed by atoms with Crippen LogP contribution in [0, 0.1) is 0 Å². The molecule has 1 aromatic rings. The van der Waals surface area contributed by atoms with Crippen molar-refractivity contribution in [1.29, 1.82) is 0 Å². The van der Waals surface area contributed by atoms with Crippen molar-refractivity contribution in [2.45, 2.75) is 18.9 Å². The van der Waals surface area contributed by atoms with E-state index < -0.39 is 6.03 Å². The first-order valence-corrected chi connectivity index (χ1v) is 4.92. The topological polar surface area (TPSA) is 58.2 Å². The van der Waals surface area contributed by atoms with Gasteiger partial charge in [0.1, 0.15) is 0 Å². The van der Waals surface area contributed by atoms with Gasteiger partial charge in [0.15, 0.2) is 0 Å². The van der Waals surface area contributed by atoms with Crippen molar-refractivity contribution in [2.24, 2.45) is 0 Å². The number of nitrogens with one attached hydrogen (secondary N) is 2. The summed E-state index contributed by atoms with van der Waals surface area (Å²) in [4.78, 5) is 22.7. The van der Waals surface area contributed by atoms with E-state index in [9.17, 15) is 9.59 Å². The molecule has 0 saturated heterocycles. The minimum atomic E-state index is -0.411. The Kier molecular flexibility index (Phi) is 2.67. The lowest BCUT2D eigenvalue weighted by molar-refractivity contribution is 0.0964. The van der Waals surface area contributed by atoms with Gasteiger partial charge in [0.2, 0.25) is 0 Å². The molecule has 3 amide bonds. The fourth-order valence-corrected chi connectivity index (χ4v) is 1.21. The average Bonchev–Trinajstić information content (AvgIpc) is 3.03. The minimum Gasteiger partial charge on any atom is -0.335 e. The monoisotopic (exact) mass is 204 g/mol. The number of carbonyl (C=O) groups excluding carboxylic acids is 2. The maximum Gasteiger partial charge on any atom is 0.321 e. The first kappa shape index (κ1) is 9.71. The van der Waals surface area contributed by atoms with E-state index in [-0.39, 0.29) is 11.9 Å². The third kappa shape index (κ3) is 2.80. The number of hydrogen-bond donors (Lipinski definition) is 2. The summed E-state index contributed by atoms with van der Waals surface area (Å²) in [7, 11) is 0. The fourth-order valence-electron chi connectivity index (χ4n) is 1.21. The Morgan fingerprint density at radius 3 is 2.40 bits per heavy atom. The lowest BCUT2D eigenvalue weighted by Crippen LogP contribution is -2.40. The number of hydrogen-bond acceptors (Lipinski definition) is 2. The first-order valence-electron chi connectivity index (χ1n) is 4.92. The van der Waals surface area contributed by atoms with Crippen LogP contribution >= 0.6 is 0 Å². The Bertz CT molecular complexity index is 371. The van der Waals surface area contributed by atoms with E-state index in [4.69, 9.17) is 0 Å². The molecule has 1 fully saturated rings. The van der Waals surface area contributed by atoms with Crippen LogP contribution in [0.2, 0.25) is 0 Å². The van der Waals surface area contributed by atoms with Crippen LogP contribution in [0.3, 0.4) is 0 Å². The van der Waals surface area contributed by atoms with E-state index in [2.05, 4.69) is 10.6 Å². The van der Waals surface area contributed by atoms with Crippen LogP contribution in [0.4, 0.5) is 4.79 Å². The van der Waals surface area contributed by atoms with E-state index in [1.807, 2.05) is 6.07 Å². The third-order valence-electron chi connectivity index (χ3n) is 2.18. The van der Waals surface area contributed by atoms with Gasteiger partial charge in [-0.1, -0.05) is 18.2 Å². The number of rotatable bonds is 2. The van der Waals surface area contributed by atoms with Crippen LogP contribution < -0.4 is 10.6 Å². The molecule has 0 heterocycles. The Labute approximate surface area is 87.7 Å². The normalized spacial score (nSPS) is 14.4. The summed E-state index contributed by atoms with van der Waals surface area (Å²) in [6.45, 7) is 0. The van der Waals surface area contributed by atoms with E-state index in [0.29, 0.717) is 5.56 Å². The molecule has 78 valence electrons. The molecule has 2 N–H and O–H groups in total. The van der Waals surface area contributed by atoms with Crippen molar-refractivity contribution in [3.8, 4) is 0 Å². The van der Waals surface area contributed by atoms with E-state index in [1.54, 1.807) is 24.3 Å². The summed E-state index contributed by atoms with van der Waals surface area (Å²) in [6, 6.07) is 8.52. The number of amides is 3. The van der Waals surface area contributed by atoms with Crippen molar-refractivity contribution >= 4 is 11.9 Å². The van der Waals surface area contributed by atoms with Crippen molar-refractivity contribution in [1.82, 2.24) is 10.6 Å². The molecular weight excluding hydrogens is 192 g/mol. The van der Waals surface area contributed by atoms with Gasteiger partial charge in [-0.25, -0.2) is 4.79 Å². The molecule has 15 heavy (non-hydrogen) atoms. The maximum absolute atomic E-state index is 11.5. The van der Waals surface area contributed by atoms with Crippen LogP contribution in [-0.2, 0) is 0 Å². The SMILES string of the molecule is O=C(NC(=O)c1ccccc1)NC1CC1. The van der Waals surface area contributed by atoms with Crippen LogP contribution in [0.15, 0.2) is 30.3 Å². The predicted octanol–water partition coefficient (Wildman–Crippen LogP) is 1.29. The van der Waals surface area contributed by atoms with Gasteiger partial charge in [-0.3, -0.25) is 10.1 Å². The van der Waals surface area contributed by atoms with Gasteiger partial charge in [0.05, 0.1) is 0 Å². The molecule has 0 radical (unpaired) electrons. The molecule has 1 aliphatic carbocycles. The zero-order chi connectivity index (χ0) is 10.7. The minimum absolute atomic E-state index is 0.258. The van der Waals surface area contributed by atoms with E-state index in [1.165, 1.54) is 0 Å². The maximum atomic E-state index is 11.5. The summed E-state index contributed by atoms with van der Waals surface area (Å²) in [5, 5.41) is 4.96. The quantitative estimate of drug-likeness (QED) is 0.762. The van der Waals surface area contributed by atoms with Crippen molar-refractivity contribution in [3.63, 3.8) is 0 Å². The Balaban J connectivity index is 1.88. The van der Waals surface area contributed by atoms with Crippen molar-refractivity contribution < 1.29 is 9.59 Å². The van der Waals surface area contributed by atoms with Gasteiger partial charge >= 0.3 is 6.03 Å². The highest BCUT2D eigenvalue weighted by Gasteiger charge is 2.23. The molecular formula is C11H12N2O2. The molecule has 1 aromatic carbocycles. The molecule has 2 rings (SSSR count). The van der Waals surface area contributed by atoms with Gasteiger partial charge in [0, 0.05) is 11.6 Å². The fraction of sp³-hybridized carbons (Fsp3) is 0.273.